The maximum atomic E-state index is 14.4. The predicted molar refractivity (Wildman–Crippen MR) is 163 cm³/mol. The minimum atomic E-state index is -0.224. The smallest absolute Gasteiger partial charge is 0.242 e. The first-order valence-corrected chi connectivity index (χ1v) is 16.1. The normalized spacial score (nSPS) is 25.4. The summed E-state index contributed by atoms with van der Waals surface area (Å²) in [5.74, 6) is 3.80. The van der Waals surface area contributed by atoms with Gasteiger partial charge in [-0.25, -0.2) is 0 Å². The van der Waals surface area contributed by atoms with Gasteiger partial charge in [0, 0.05) is 31.0 Å². The van der Waals surface area contributed by atoms with Gasteiger partial charge in [0.15, 0.2) is 0 Å². The average molecular weight is 562 g/mol. The number of benzene rings is 1. The van der Waals surface area contributed by atoms with Crippen molar-refractivity contribution in [3.63, 3.8) is 0 Å². The van der Waals surface area contributed by atoms with E-state index in [0.29, 0.717) is 43.3 Å². The van der Waals surface area contributed by atoms with Gasteiger partial charge in [-0.3, -0.25) is 9.59 Å². The molecule has 4 saturated carbocycles. The van der Waals surface area contributed by atoms with Crippen LogP contribution in [0, 0.1) is 29.1 Å². The van der Waals surface area contributed by atoms with Crippen LogP contribution >= 0.6 is 0 Å². The molecule has 0 radical (unpaired) electrons. The lowest BCUT2D eigenvalue weighted by Gasteiger charge is -2.56. The number of methoxy groups -OCH3 is 1. The van der Waals surface area contributed by atoms with Gasteiger partial charge in [0.1, 0.15) is 5.75 Å². The fourth-order valence-corrected chi connectivity index (χ4v) is 8.23. The topological polar surface area (TPSA) is 54.8 Å². The number of aromatic nitrogens is 1. The Bertz CT molecular complexity index is 1170. The quantitative estimate of drug-likeness (QED) is 0.271. The van der Waals surface area contributed by atoms with Crippen LogP contribution in [-0.4, -0.2) is 52.4 Å². The van der Waals surface area contributed by atoms with Crippen molar-refractivity contribution in [2.75, 3.05) is 20.2 Å². The first kappa shape index (κ1) is 29.7. The maximum absolute atomic E-state index is 14.4. The van der Waals surface area contributed by atoms with E-state index < -0.39 is 0 Å². The van der Waals surface area contributed by atoms with Crippen LogP contribution in [-0.2, 0) is 22.7 Å². The third-order valence-corrected chi connectivity index (χ3v) is 10.3. The van der Waals surface area contributed by atoms with E-state index in [2.05, 4.69) is 62.7 Å². The van der Waals surface area contributed by atoms with E-state index in [1.165, 1.54) is 19.3 Å². The Hall–Kier alpha value is -2.76. The van der Waals surface area contributed by atoms with Crippen LogP contribution in [0.2, 0.25) is 0 Å². The van der Waals surface area contributed by atoms with Gasteiger partial charge >= 0.3 is 0 Å². The third-order valence-electron chi connectivity index (χ3n) is 10.3. The molecule has 1 heterocycles. The van der Waals surface area contributed by atoms with Crippen LogP contribution in [0.15, 0.2) is 42.6 Å². The maximum Gasteiger partial charge on any atom is 0.242 e. The number of rotatable bonds is 13. The first-order valence-electron chi connectivity index (χ1n) is 16.1. The molecule has 0 N–H and O–H groups in total. The molecular formula is C35H51N3O3. The second-order valence-electron chi connectivity index (χ2n) is 13.9. The van der Waals surface area contributed by atoms with Gasteiger partial charge in [-0.05, 0) is 112 Å². The van der Waals surface area contributed by atoms with Crippen LogP contribution < -0.4 is 4.74 Å². The van der Waals surface area contributed by atoms with Crippen molar-refractivity contribution in [1.82, 2.24) is 14.4 Å². The molecule has 1 aromatic heterocycles. The van der Waals surface area contributed by atoms with E-state index in [4.69, 9.17) is 4.74 Å². The summed E-state index contributed by atoms with van der Waals surface area (Å²) >= 11 is 0. The Kier molecular flexibility index (Phi) is 9.15. The molecule has 4 bridgehead atoms. The standard InChI is InChI=1S/C35H51N3O3/c1-6-26(4)38(23-31-10-8-13-36(31)22-27-9-7-11-32(18-27)41-5)33(39)24-37(14-12-25(2)3)34(40)35-19-28-15-29(20-35)17-30(16-28)21-35/h7-11,13,18,25-26,28-30H,6,12,14-17,19-24H2,1-5H3. The van der Waals surface area contributed by atoms with Crippen molar-refractivity contribution >= 4 is 11.8 Å². The highest BCUT2D eigenvalue weighted by molar-refractivity contribution is 5.88. The zero-order valence-electron chi connectivity index (χ0n) is 26.0. The van der Waals surface area contributed by atoms with Crippen molar-refractivity contribution in [2.45, 2.75) is 98.2 Å². The molecule has 4 aliphatic rings. The SMILES string of the molecule is CCC(C)N(Cc1cccn1Cc1cccc(OC)c1)C(=O)CN(CCC(C)C)C(=O)C12CC3CC(CC(C3)C1)C2. The van der Waals surface area contributed by atoms with Gasteiger partial charge < -0.3 is 19.1 Å². The minimum absolute atomic E-state index is 0.0651. The molecule has 0 spiro atoms. The van der Waals surface area contributed by atoms with Crippen molar-refractivity contribution in [2.24, 2.45) is 29.1 Å². The average Bonchev–Trinajstić information content (AvgIpc) is 3.38. The van der Waals surface area contributed by atoms with E-state index >= 15 is 0 Å². The minimum Gasteiger partial charge on any atom is -0.497 e. The van der Waals surface area contributed by atoms with Gasteiger partial charge in [0.2, 0.25) is 11.8 Å². The number of amides is 2. The molecule has 41 heavy (non-hydrogen) atoms. The summed E-state index contributed by atoms with van der Waals surface area (Å²) in [7, 11) is 1.69. The second-order valence-corrected chi connectivity index (χ2v) is 13.9. The Morgan fingerprint density at radius 3 is 2.32 bits per heavy atom. The lowest BCUT2D eigenvalue weighted by Crippen LogP contribution is -2.56. The third kappa shape index (κ3) is 6.67. The number of carbonyl (C=O) groups is 2. The largest absolute Gasteiger partial charge is 0.497 e. The fourth-order valence-electron chi connectivity index (χ4n) is 8.23. The van der Waals surface area contributed by atoms with Crippen molar-refractivity contribution in [1.29, 1.82) is 0 Å². The van der Waals surface area contributed by atoms with Gasteiger partial charge in [0.05, 0.1) is 25.6 Å². The Balaban J connectivity index is 1.33. The monoisotopic (exact) mass is 561 g/mol. The van der Waals surface area contributed by atoms with Crippen LogP contribution in [0.3, 0.4) is 0 Å². The number of carbonyl (C=O) groups excluding carboxylic acids is 2. The van der Waals surface area contributed by atoms with Crippen molar-refractivity contribution in [3.8, 4) is 5.75 Å². The lowest BCUT2D eigenvalue weighted by atomic mass is 9.49. The second kappa shape index (κ2) is 12.6. The molecule has 0 saturated heterocycles. The molecule has 224 valence electrons. The molecule has 0 aliphatic heterocycles. The summed E-state index contributed by atoms with van der Waals surface area (Å²) in [6, 6.07) is 12.4. The molecule has 2 aromatic rings. The van der Waals surface area contributed by atoms with Crippen LogP contribution in [0.1, 0.15) is 90.3 Å². The molecular weight excluding hydrogens is 510 g/mol. The Morgan fingerprint density at radius 2 is 1.71 bits per heavy atom. The van der Waals surface area contributed by atoms with Crippen LogP contribution in [0.5, 0.6) is 5.75 Å². The van der Waals surface area contributed by atoms with Gasteiger partial charge in [-0.15, -0.1) is 0 Å². The van der Waals surface area contributed by atoms with Crippen molar-refractivity contribution in [3.05, 3.63) is 53.9 Å². The molecule has 6 rings (SSSR count). The number of nitrogens with zero attached hydrogens (tertiary/aromatic N) is 3. The Morgan fingerprint density at radius 1 is 1.02 bits per heavy atom. The van der Waals surface area contributed by atoms with Crippen LogP contribution in [0.4, 0.5) is 0 Å². The summed E-state index contributed by atoms with van der Waals surface area (Å²) < 4.78 is 7.64. The molecule has 1 aromatic carbocycles. The molecule has 1 unspecified atom stereocenters. The molecule has 6 heteroatoms. The highest BCUT2D eigenvalue weighted by Crippen LogP contribution is 2.60. The molecule has 2 amide bonds. The highest BCUT2D eigenvalue weighted by Gasteiger charge is 2.55. The molecule has 1 atom stereocenters. The highest BCUT2D eigenvalue weighted by atomic mass is 16.5. The first-order chi connectivity index (χ1) is 19.7. The molecule has 6 nitrogen and oxygen atoms in total. The van der Waals surface area contributed by atoms with E-state index in [-0.39, 0.29) is 29.8 Å². The van der Waals surface area contributed by atoms with Crippen LogP contribution in [0.25, 0.3) is 0 Å². The summed E-state index contributed by atoms with van der Waals surface area (Å²) in [6.07, 6.45) is 10.9. The summed E-state index contributed by atoms with van der Waals surface area (Å²) in [5.41, 5.74) is 2.03. The van der Waals surface area contributed by atoms with E-state index in [9.17, 15) is 9.59 Å². The number of hydrogen-bond donors (Lipinski definition) is 0. The van der Waals surface area contributed by atoms with E-state index in [1.54, 1.807) is 7.11 Å². The number of ether oxygens (including phenoxy) is 1. The van der Waals surface area contributed by atoms with E-state index in [0.717, 1.165) is 49.1 Å². The summed E-state index contributed by atoms with van der Waals surface area (Å²) in [5, 5.41) is 0. The fraction of sp³-hybridized carbons (Fsp3) is 0.657. The summed E-state index contributed by atoms with van der Waals surface area (Å²) in [4.78, 5) is 32.5. The number of hydrogen-bond acceptors (Lipinski definition) is 3. The van der Waals surface area contributed by atoms with E-state index in [1.807, 2.05) is 21.9 Å². The van der Waals surface area contributed by atoms with Gasteiger partial charge in [-0.1, -0.05) is 32.9 Å². The lowest BCUT2D eigenvalue weighted by molar-refractivity contribution is -0.160. The summed E-state index contributed by atoms with van der Waals surface area (Å²) in [6.45, 7) is 10.8. The molecule has 4 fully saturated rings. The Labute approximate surface area is 247 Å². The van der Waals surface area contributed by atoms with Gasteiger partial charge in [-0.2, -0.15) is 0 Å². The zero-order valence-corrected chi connectivity index (χ0v) is 26.0. The zero-order chi connectivity index (χ0) is 29.1. The van der Waals surface area contributed by atoms with Gasteiger partial charge in [0.25, 0.3) is 0 Å². The predicted octanol–water partition coefficient (Wildman–Crippen LogP) is 6.76. The molecule has 4 aliphatic carbocycles. The van der Waals surface area contributed by atoms with Crippen molar-refractivity contribution < 1.29 is 14.3 Å².